The number of fused-ring (bicyclic) bond motifs is 1. The van der Waals surface area contributed by atoms with Gasteiger partial charge in [0.25, 0.3) is 0 Å². The van der Waals surface area contributed by atoms with Crippen LogP contribution in [0.4, 0.5) is 9.59 Å². The Morgan fingerprint density at radius 2 is 1.15 bits per heavy atom. The lowest BCUT2D eigenvalue weighted by Gasteiger charge is -2.36. The minimum atomic E-state index is -0.598. The number of rotatable bonds is 11. The molecule has 2 aliphatic carbocycles. The molecule has 0 radical (unpaired) electrons. The minimum absolute atomic E-state index is 0.0780. The van der Waals surface area contributed by atoms with Crippen LogP contribution >= 0.6 is 0 Å². The van der Waals surface area contributed by atoms with Gasteiger partial charge in [0.15, 0.2) is 0 Å². The van der Waals surface area contributed by atoms with E-state index < -0.39 is 24.3 Å². The number of ether oxygens (including phenoxy) is 2. The second kappa shape index (κ2) is 16.3. The van der Waals surface area contributed by atoms with Gasteiger partial charge in [-0.3, -0.25) is 9.59 Å². The molecule has 4 atom stereocenters. The van der Waals surface area contributed by atoms with Crippen molar-refractivity contribution >= 4 is 35.0 Å². The van der Waals surface area contributed by atoms with Gasteiger partial charge >= 0.3 is 12.2 Å². The Hall–Kier alpha value is -6.12. The highest BCUT2D eigenvalue weighted by molar-refractivity contribution is 5.89. The number of nitrogens with one attached hydrogen (secondary N) is 4. The molecule has 15 nitrogen and oxygen atoms in total. The van der Waals surface area contributed by atoms with Gasteiger partial charge in [-0.05, 0) is 93.0 Å². The number of nitrogens with zero attached hydrogens (tertiary/aromatic N) is 4. The van der Waals surface area contributed by atoms with Crippen LogP contribution in [0.15, 0.2) is 65.3 Å². The average molecular weight is 803 g/mol. The number of benzene rings is 2. The number of aromatic nitrogens is 4. The van der Waals surface area contributed by atoms with Crippen molar-refractivity contribution in [2.75, 3.05) is 27.3 Å². The Balaban J connectivity index is 0.872. The van der Waals surface area contributed by atoms with E-state index in [2.05, 4.69) is 26.7 Å². The van der Waals surface area contributed by atoms with E-state index in [4.69, 9.17) is 23.9 Å². The first-order valence-corrected chi connectivity index (χ1v) is 20.8. The number of hydrogen-bond acceptors (Lipinski definition) is 9. The monoisotopic (exact) mass is 802 g/mol. The van der Waals surface area contributed by atoms with Crippen molar-refractivity contribution in [3.8, 4) is 33.8 Å². The zero-order valence-corrected chi connectivity index (χ0v) is 33.4. The predicted octanol–water partition coefficient (Wildman–Crippen LogP) is 7.26. The van der Waals surface area contributed by atoms with Crippen molar-refractivity contribution in [3.63, 3.8) is 0 Å². The van der Waals surface area contributed by atoms with Gasteiger partial charge in [0.05, 0.1) is 50.1 Å². The highest BCUT2D eigenvalue weighted by Crippen LogP contribution is 2.39. The van der Waals surface area contributed by atoms with Crippen LogP contribution in [0, 0.1) is 11.8 Å². The Morgan fingerprint density at radius 3 is 1.64 bits per heavy atom. The fourth-order valence-electron chi connectivity index (χ4n) is 9.14. The Kier molecular flexibility index (Phi) is 10.6. The lowest BCUT2D eigenvalue weighted by Crippen LogP contribution is -2.53. The second-order valence-corrected chi connectivity index (χ2v) is 16.3. The number of alkyl carbamates (subject to hydrolysis) is 2. The first-order chi connectivity index (χ1) is 28.8. The van der Waals surface area contributed by atoms with Crippen molar-refractivity contribution in [3.05, 3.63) is 72.6 Å². The van der Waals surface area contributed by atoms with Crippen LogP contribution in [0.5, 0.6) is 0 Å². The number of methoxy groups -OCH3 is 2. The maximum absolute atomic E-state index is 13.8. The van der Waals surface area contributed by atoms with Crippen LogP contribution in [0.2, 0.25) is 0 Å². The van der Waals surface area contributed by atoms with E-state index >= 15 is 0 Å². The summed E-state index contributed by atoms with van der Waals surface area (Å²) >= 11 is 0. The summed E-state index contributed by atoms with van der Waals surface area (Å²) in [4.78, 5) is 71.9. The predicted molar refractivity (Wildman–Crippen MR) is 218 cm³/mol. The Morgan fingerprint density at radius 1 is 0.661 bits per heavy atom. The van der Waals surface area contributed by atoms with Gasteiger partial charge in [-0.2, -0.15) is 0 Å². The molecular weight excluding hydrogens is 753 g/mol. The van der Waals surface area contributed by atoms with Gasteiger partial charge in [-0.25, -0.2) is 19.6 Å². The smallest absolute Gasteiger partial charge is 0.407 e. The Bertz CT molecular complexity index is 2340. The third kappa shape index (κ3) is 7.54. The molecule has 3 aromatic heterocycles. The summed E-state index contributed by atoms with van der Waals surface area (Å²) in [5, 5.41) is 6.54. The number of carbonyl (C=O) groups excluding carboxylic acids is 4. The molecule has 5 aromatic rings. The number of furan rings is 1. The molecular formula is C44H50N8O7. The fraction of sp³-hybridized carbons (Fsp3) is 0.455. The normalized spacial score (nSPS) is 20.5. The van der Waals surface area contributed by atoms with Crippen molar-refractivity contribution in [2.45, 2.75) is 88.4 Å². The summed E-state index contributed by atoms with van der Waals surface area (Å²) in [6, 6.07) is 14.6. The fourth-order valence-corrected chi connectivity index (χ4v) is 9.14. The van der Waals surface area contributed by atoms with Crippen molar-refractivity contribution in [1.29, 1.82) is 0 Å². The quantitative estimate of drug-likeness (QED) is 0.107. The minimum Gasteiger partial charge on any atom is -0.456 e. The Labute approximate surface area is 341 Å². The number of likely N-dealkylation sites (tertiary alicyclic amines) is 2. The summed E-state index contributed by atoms with van der Waals surface area (Å²) < 4.78 is 16.0. The third-order valence-corrected chi connectivity index (χ3v) is 12.9. The number of H-pyrrole nitrogens is 2. The van der Waals surface area contributed by atoms with Crippen LogP contribution in [0.1, 0.15) is 87.9 Å². The van der Waals surface area contributed by atoms with E-state index in [1.54, 1.807) is 0 Å². The molecule has 2 aromatic carbocycles. The molecule has 2 saturated heterocycles. The summed E-state index contributed by atoms with van der Waals surface area (Å²) in [6.07, 6.45) is 11.5. The van der Waals surface area contributed by atoms with Crippen LogP contribution < -0.4 is 10.6 Å². The number of aromatic amines is 2. The lowest BCUT2D eigenvalue weighted by atomic mass is 9.79. The second-order valence-electron chi connectivity index (χ2n) is 16.3. The molecule has 308 valence electrons. The molecule has 0 bridgehead atoms. The highest BCUT2D eigenvalue weighted by Gasteiger charge is 2.43. The topological polar surface area (TPSA) is 188 Å². The zero-order chi connectivity index (χ0) is 40.6. The standard InChI is InChI=1S/C44H50N8O7/c1-57-43(55)49-37(27-7-3-8-27)41(53)51-19-5-11-33(51)39-45-23-31(47-39)25-13-15-26(16-14-25)36-22-30-21-29(17-18-35(30)59-36)32-24-46-40(48-32)34-12-6-20-52(34)42(54)38(28-9-4-10-28)50-44(56)58-2/h13-18,21-24,27-28,33-34,37-38H,3-12,19-20H2,1-2H3,(H,45,47)(H,46,48)(H,49,55)(H,50,56)/t33-,34-,37-,38-/m0/s1. The van der Waals surface area contributed by atoms with E-state index in [9.17, 15) is 19.2 Å². The highest BCUT2D eigenvalue weighted by atomic mass is 16.5. The number of carbonyl (C=O) groups is 4. The molecule has 4 amide bonds. The number of hydrogen-bond donors (Lipinski definition) is 4. The zero-order valence-electron chi connectivity index (χ0n) is 33.4. The van der Waals surface area contributed by atoms with Gasteiger partial charge in [-0.1, -0.05) is 37.1 Å². The molecule has 9 rings (SSSR count). The van der Waals surface area contributed by atoms with E-state index in [1.165, 1.54) is 14.2 Å². The summed E-state index contributed by atoms with van der Waals surface area (Å²) in [5.74, 6) is 2.28. The molecule has 4 fully saturated rings. The largest absolute Gasteiger partial charge is 0.456 e. The maximum Gasteiger partial charge on any atom is 0.407 e. The van der Waals surface area contributed by atoms with Crippen LogP contribution in [0.3, 0.4) is 0 Å². The molecule has 4 aliphatic rings. The van der Waals surface area contributed by atoms with Crippen LogP contribution in [-0.2, 0) is 19.1 Å². The van der Waals surface area contributed by atoms with Gasteiger partial charge in [0, 0.05) is 29.6 Å². The van der Waals surface area contributed by atoms with Gasteiger partial charge in [-0.15, -0.1) is 0 Å². The van der Waals surface area contributed by atoms with E-state index in [1.807, 2.05) is 64.7 Å². The van der Waals surface area contributed by atoms with E-state index in [0.717, 1.165) is 121 Å². The van der Waals surface area contributed by atoms with E-state index in [-0.39, 0.29) is 35.7 Å². The molecule has 5 heterocycles. The SMILES string of the molecule is COC(=O)N[C@H](C(=O)N1CCC[C@H]1c1ncc(-c2ccc(-c3cc4cc(-c5cnc([C@@H]6CCCN6C(=O)[C@@H](NC(=O)OC)C6CCC6)[nH]5)ccc4o3)cc2)[nH]1)C1CCC1. The molecule has 0 unspecified atom stereocenters. The third-order valence-electron chi connectivity index (χ3n) is 12.9. The molecule has 15 heteroatoms. The van der Waals surface area contributed by atoms with Crippen molar-refractivity contribution in [2.24, 2.45) is 11.8 Å². The van der Waals surface area contributed by atoms with Crippen LogP contribution in [-0.4, -0.2) is 93.1 Å². The maximum atomic E-state index is 13.8. The number of imidazole rings is 2. The number of amides is 4. The molecule has 2 aliphatic heterocycles. The van der Waals surface area contributed by atoms with E-state index in [0.29, 0.717) is 13.1 Å². The summed E-state index contributed by atoms with van der Waals surface area (Å²) in [7, 11) is 2.63. The first-order valence-electron chi connectivity index (χ1n) is 20.8. The van der Waals surface area contributed by atoms with Gasteiger partial charge in [0.2, 0.25) is 11.8 Å². The summed E-state index contributed by atoms with van der Waals surface area (Å²) in [5.41, 5.74) is 5.29. The molecule has 2 saturated carbocycles. The first kappa shape index (κ1) is 38.4. The van der Waals surface area contributed by atoms with Gasteiger partial charge in [0.1, 0.15) is 35.1 Å². The average Bonchev–Trinajstić information content (AvgIpc) is 4.07. The lowest BCUT2D eigenvalue weighted by molar-refractivity contribution is -0.137. The summed E-state index contributed by atoms with van der Waals surface area (Å²) in [6.45, 7) is 1.23. The molecule has 0 spiro atoms. The van der Waals surface area contributed by atoms with Gasteiger partial charge < -0.3 is 44.3 Å². The molecule has 4 N–H and O–H groups in total. The van der Waals surface area contributed by atoms with Crippen molar-refractivity contribution < 1.29 is 33.1 Å². The van der Waals surface area contributed by atoms with Crippen LogP contribution in [0.25, 0.3) is 44.8 Å². The van der Waals surface area contributed by atoms with Crippen molar-refractivity contribution in [1.82, 2.24) is 40.4 Å². The molecule has 59 heavy (non-hydrogen) atoms.